The monoisotopic (exact) mass is 610 g/mol. The van der Waals surface area contributed by atoms with Crippen molar-refractivity contribution in [3.63, 3.8) is 0 Å². The fourth-order valence-electron chi connectivity index (χ4n) is 6.55. The Kier molecular flexibility index (Phi) is 8.04. The topological polar surface area (TPSA) is 70.3 Å². The molecule has 0 saturated carbocycles. The molecular weight excluding hydrogens is 574 g/mol. The Labute approximate surface area is 251 Å². The molecule has 2 fully saturated rings. The summed E-state index contributed by atoms with van der Waals surface area (Å²) in [5.74, 6) is -0.0821. The molecular formula is C31H37ClN4O3P2. The van der Waals surface area contributed by atoms with Gasteiger partial charge in [0.25, 0.3) is 0 Å². The van der Waals surface area contributed by atoms with Crippen LogP contribution in [0.25, 0.3) is 0 Å². The highest BCUT2D eigenvalue weighted by Gasteiger charge is 2.56. The van der Waals surface area contributed by atoms with E-state index in [0.717, 1.165) is 58.4 Å². The van der Waals surface area contributed by atoms with Crippen LogP contribution in [0.2, 0.25) is 5.22 Å². The van der Waals surface area contributed by atoms with Crippen LogP contribution in [0.4, 0.5) is 5.69 Å². The van der Waals surface area contributed by atoms with Gasteiger partial charge in [0, 0.05) is 24.7 Å². The van der Waals surface area contributed by atoms with Gasteiger partial charge in [0.2, 0.25) is 5.91 Å². The van der Waals surface area contributed by atoms with Crippen molar-refractivity contribution in [1.82, 2.24) is 10.2 Å². The van der Waals surface area contributed by atoms with Gasteiger partial charge < -0.3 is 14.5 Å². The third-order valence-corrected chi connectivity index (χ3v) is 9.75. The number of aryl methyl sites for hydroxylation is 2. The molecule has 0 radical (unpaired) electrons. The minimum atomic E-state index is -1.15. The number of hydrogen-bond acceptors (Lipinski definition) is 6. The fourth-order valence-corrected chi connectivity index (χ4v) is 7.60. The molecule has 4 heterocycles. The Bertz CT molecular complexity index is 1510. The lowest BCUT2D eigenvalue weighted by molar-refractivity contribution is -0.127. The molecule has 5 unspecified atom stereocenters. The number of nitrogens with zero attached hydrogens (tertiary/aromatic N) is 3. The van der Waals surface area contributed by atoms with E-state index >= 15 is 0 Å². The van der Waals surface area contributed by atoms with Crippen LogP contribution in [0.3, 0.4) is 0 Å². The first-order valence-electron chi connectivity index (χ1n) is 14.2. The number of carbonyl (C=O) groups is 1. The molecule has 7 nitrogen and oxygen atoms in total. The van der Waals surface area contributed by atoms with E-state index in [1.165, 1.54) is 12.8 Å². The number of anilines is 1. The minimum absolute atomic E-state index is 0.0574. The maximum Gasteiger partial charge on any atom is 0.249 e. The minimum Gasteiger partial charge on any atom is -0.449 e. The highest BCUT2D eigenvalue weighted by Crippen LogP contribution is 2.46. The van der Waals surface area contributed by atoms with Gasteiger partial charge >= 0.3 is 0 Å². The van der Waals surface area contributed by atoms with Crippen molar-refractivity contribution in [3.8, 4) is 0 Å². The number of furan rings is 1. The number of carbonyl (C=O) groups excluding carboxylic acids is 1. The summed E-state index contributed by atoms with van der Waals surface area (Å²) >= 11 is 6.31. The summed E-state index contributed by atoms with van der Waals surface area (Å²) in [5, 5.41) is 12.7. The zero-order valence-corrected chi connectivity index (χ0v) is 26.8. The van der Waals surface area contributed by atoms with E-state index in [2.05, 4.69) is 60.7 Å². The van der Waals surface area contributed by atoms with Crippen molar-refractivity contribution < 1.29 is 13.9 Å². The van der Waals surface area contributed by atoms with Gasteiger partial charge in [-0.2, -0.15) is 5.10 Å². The van der Waals surface area contributed by atoms with Gasteiger partial charge in [0.1, 0.15) is 5.76 Å². The number of hydrazone groups is 1. The first kappa shape index (κ1) is 28.8. The smallest absolute Gasteiger partial charge is 0.249 e. The van der Waals surface area contributed by atoms with Crippen LogP contribution in [0.15, 0.2) is 58.0 Å². The van der Waals surface area contributed by atoms with Crippen molar-refractivity contribution >= 4 is 58.0 Å². The summed E-state index contributed by atoms with van der Waals surface area (Å²) in [6, 6.07) is 16.5. The van der Waals surface area contributed by atoms with Gasteiger partial charge in [0.05, 0.1) is 30.0 Å². The van der Waals surface area contributed by atoms with Gasteiger partial charge in [-0.05, 0) is 92.2 Å². The van der Waals surface area contributed by atoms with E-state index in [0.29, 0.717) is 18.3 Å². The first-order chi connectivity index (χ1) is 19.6. The lowest BCUT2D eigenvalue weighted by Gasteiger charge is -2.39. The summed E-state index contributed by atoms with van der Waals surface area (Å²) in [6.07, 6.45) is 2.34. The number of benzene rings is 2. The van der Waals surface area contributed by atoms with Crippen LogP contribution in [0.5, 0.6) is 0 Å². The number of nitrogens with one attached hydrogen (secondary N) is 1. The Morgan fingerprint density at radius 1 is 1.17 bits per heavy atom. The summed E-state index contributed by atoms with van der Waals surface area (Å²) in [6.45, 7) is 9.14. The van der Waals surface area contributed by atoms with E-state index in [-0.39, 0.29) is 17.2 Å². The molecule has 0 bridgehead atoms. The SMILES string of the molecule is Cc1ccc(N2N=C(c3ccc(P)cc3P)C(c3ccc(Cl)o3)C2(C)C(=O)NCC2CN3CCC[C@H]3CO2)c(C)c1. The quantitative estimate of drug-likeness (QED) is 0.422. The van der Waals surface area contributed by atoms with Gasteiger partial charge in [-0.25, -0.2) is 5.01 Å². The molecule has 3 aliphatic heterocycles. The molecule has 2 saturated heterocycles. The maximum absolute atomic E-state index is 14.5. The Morgan fingerprint density at radius 2 is 2.00 bits per heavy atom. The van der Waals surface area contributed by atoms with Crippen LogP contribution in [-0.4, -0.2) is 60.4 Å². The van der Waals surface area contributed by atoms with E-state index in [1.807, 2.05) is 36.2 Å². The van der Waals surface area contributed by atoms with Gasteiger partial charge in [-0.3, -0.25) is 9.69 Å². The third kappa shape index (κ3) is 5.37. The van der Waals surface area contributed by atoms with Crippen molar-refractivity contribution in [3.05, 3.63) is 76.2 Å². The molecule has 3 aromatic rings. The lowest BCUT2D eigenvalue weighted by atomic mass is 9.78. The highest BCUT2D eigenvalue weighted by molar-refractivity contribution is 7.29. The molecule has 2 aromatic carbocycles. The summed E-state index contributed by atoms with van der Waals surface area (Å²) < 4.78 is 12.2. The lowest BCUT2D eigenvalue weighted by Crippen LogP contribution is -2.59. The number of rotatable bonds is 6. The summed E-state index contributed by atoms with van der Waals surface area (Å²) in [4.78, 5) is 17.0. The van der Waals surface area contributed by atoms with Gasteiger partial charge in [0.15, 0.2) is 10.8 Å². The predicted octanol–water partition coefficient (Wildman–Crippen LogP) is 4.30. The molecule has 3 aliphatic rings. The molecule has 41 heavy (non-hydrogen) atoms. The van der Waals surface area contributed by atoms with Crippen LogP contribution in [0, 0.1) is 13.8 Å². The average molecular weight is 611 g/mol. The van der Waals surface area contributed by atoms with Gasteiger partial charge in [-0.15, -0.1) is 18.5 Å². The highest BCUT2D eigenvalue weighted by atomic mass is 35.5. The van der Waals surface area contributed by atoms with E-state index in [4.69, 9.17) is 25.9 Å². The number of hydrogen-bond donors (Lipinski definition) is 1. The second kappa shape index (κ2) is 11.4. The molecule has 216 valence electrons. The van der Waals surface area contributed by atoms with Crippen molar-refractivity contribution in [2.75, 3.05) is 31.3 Å². The van der Waals surface area contributed by atoms with E-state index in [9.17, 15) is 4.79 Å². The predicted molar refractivity (Wildman–Crippen MR) is 172 cm³/mol. The Hall–Kier alpha value is -2.27. The zero-order valence-electron chi connectivity index (χ0n) is 23.7. The Morgan fingerprint density at radius 3 is 2.73 bits per heavy atom. The van der Waals surface area contributed by atoms with Crippen molar-refractivity contribution in [1.29, 1.82) is 0 Å². The second-order valence-electron chi connectivity index (χ2n) is 11.6. The molecule has 6 rings (SSSR count). The first-order valence-corrected chi connectivity index (χ1v) is 15.7. The largest absolute Gasteiger partial charge is 0.449 e. The van der Waals surface area contributed by atoms with Crippen LogP contribution in [0.1, 0.15) is 48.1 Å². The Balaban J connectivity index is 1.42. The van der Waals surface area contributed by atoms with Crippen LogP contribution < -0.4 is 20.9 Å². The van der Waals surface area contributed by atoms with Crippen LogP contribution >= 0.6 is 30.1 Å². The standard InChI is InChI=1S/C31H37ClN4O3P2/c1-18-6-9-24(19(2)13-18)36-31(3,30(37)33-15-21-16-35-12-4-5-20(35)17-38-21)28(25-10-11-27(32)39-25)29(34-36)23-8-7-22(40)14-26(23)41/h6-11,13-14,20-21,28H,4-5,12,15-17,40-41H2,1-3H3,(H,33,37)/t20-,21?,28?,31?/m0/s1. The second-order valence-corrected chi connectivity index (χ2v) is 13.3. The zero-order chi connectivity index (χ0) is 28.9. The third-order valence-electron chi connectivity index (χ3n) is 8.71. The van der Waals surface area contributed by atoms with Crippen LogP contribution in [-0.2, 0) is 9.53 Å². The van der Waals surface area contributed by atoms with E-state index < -0.39 is 11.5 Å². The number of amides is 1. The van der Waals surface area contributed by atoms with E-state index in [1.54, 1.807) is 6.07 Å². The summed E-state index contributed by atoms with van der Waals surface area (Å²) in [5.41, 5.74) is 3.57. The molecule has 1 aromatic heterocycles. The maximum atomic E-state index is 14.5. The normalized spacial score (nSPS) is 26.2. The fraction of sp³-hybridized carbons (Fsp3) is 0.419. The molecule has 1 N–H and O–H groups in total. The number of morpholine rings is 1. The number of ether oxygens (including phenoxy) is 1. The van der Waals surface area contributed by atoms with Crippen molar-refractivity contribution in [2.24, 2.45) is 5.10 Å². The average Bonchev–Trinajstić information content (AvgIpc) is 3.65. The van der Waals surface area contributed by atoms with Gasteiger partial charge in [-0.1, -0.05) is 29.8 Å². The number of halogens is 1. The number of fused-ring (bicyclic) bond motifs is 1. The molecule has 10 heteroatoms. The molecule has 6 atom stereocenters. The molecule has 0 spiro atoms. The van der Waals surface area contributed by atoms with Crippen molar-refractivity contribution in [2.45, 2.75) is 57.2 Å². The molecule has 1 amide bonds. The summed E-state index contributed by atoms with van der Waals surface area (Å²) in [7, 11) is 5.55. The molecule has 0 aliphatic carbocycles.